The van der Waals surface area contributed by atoms with Gasteiger partial charge in [-0.25, -0.2) is 23.7 Å². The van der Waals surface area contributed by atoms with Crippen LogP contribution in [0.1, 0.15) is 66.5 Å². The summed E-state index contributed by atoms with van der Waals surface area (Å²) in [7, 11) is 0. The summed E-state index contributed by atoms with van der Waals surface area (Å²) in [4.78, 5) is 17.4. The Kier molecular flexibility index (Phi) is 4.49. The molecule has 2 heterocycles. The minimum absolute atomic E-state index is 0.203. The summed E-state index contributed by atoms with van der Waals surface area (Å²) < 4.78 is 28.3. The maximum absolute atomic E-state index is 14.2. The fourth-order valence-corrected chi connectivity index (χ4v) is 3.96. The van der Waals surface area contributed by atoms with Crippen LogP contribution in [0.4, 0.5) is 8.78 Å². The Morgan fingerprint density at radius 2 is 1.79 bits per heavy atom. The van der Waals surface area contributed by atoms with Crippen molar-refractivity contribution in [2.24, 2.45) is 15.9 Å². The van der Waals surface area contributed by atoms with Gasteiger partial charge in [0.25, 0.3) is 0 Å². The molecule has 6 heteroatoms. The molecule has 0 radical (unpaired) electrons. The van der Waals surface area contributed by atoms with E-state index in [-0.39, 0.29) is 11.8 Å². The maximum Gasteiger partial charge on any atom is 0.197 e. The summed E-state index contributed by atoms with van der Waals surface area (Å²) in [6, 6.07) is 3.23. The van der Waals surface area contributed by atoms with Gasteiger partial charge in [0.2, 0.25) is 0 Å². The predicted molar refractivity (Wildman–Crippen MR) is 104 cm³/mol. The molecule has 0 saturated heterocycles. The number of aryl methyl sites for hydroxylation is 1. The zero-order valence-electron chi connectivity index (χ0n) is 15.6. The highest BCUT2D eigenvalue weighted by atomic mass is 19.2. The van der Waals surface area contributed by atoms with Gasteiger partial charge in [0, 0.05) is 31.6 Å². The first-order valence-electron chi connectivity index (χ1n) is 10.1. The van der Waals surface area contributed by atoms with Gasteiger partial charge in [-0.1, -0.05) is 18.9 Å². The second kappa shape index (κ2) is 7.15. The Labute approximate surface area is 162 Å². The van der Waals surface area contributed by atoms with E-state index in [4.69, 9.17) is 0 Å². The van der Waals surface area contributed by atoms with Crippen LogP contribution < -0.4 is 0 Å². The predicted octanol–water partition coefficient (Wildman–Crippen LogP) is 4.59. The Bertz CT molecular complexity index is 948. The summed E-state index contributed by atoms with van der Waals surface area (Å²) in [6.07, 6.45) is 11.2. The molecule has 2 fully saturated rings. The number of rotatable bonds is 6. The zero-order chi connectivity index (χ0) is 19.1. The molecule has 3 aliphatic rings. The number of benzene rings is 1. The second-order valence-corrected chi connectivity index (χ2v) is 8.05. The fraction of sp³-hybridized carbons (Fsp3) is 0.455. The van der Waals surface area contributed by atoms with Gasteiger partial charge >= 0.3 is 0 Å². The van der Waals surface area contributed by atoms with Crippen LogP contribution in [0.15, 0.2) is 34.5 Å². The van der Waals surface area contributed by atoms with E-state index < -0.39 is 11.6 Å². The number of aliphatic imine (C=N–C) groups is 2. The molecule has 0 amide bonds. The summed E-state index contributed by atoms with van der Waals surface area (Å²) in [5.41, 5.74) is 2.44. The van der Waals surface area contributed by atoms with Crippen LogP contribution in [0, 0.1) is 17.6 Å². The molecule has 2 aliphatic carbocycles. The maximum atomic E-state index is 14.2. The molecule has 1 aliphatic heterocycles. The molecule has 0 N–H and O–H groups in total. The lowest BCUT2D eigenvalue weighted by Crippen LogP contribution is -2.09. The lowest BCUT2D eigenvalue weighted by atomic mass is 9.99. The standard InChI is InChI=1S/C22H22F2N4/c23-19-9-15(8-14(20(19)24)5-4-13-2-3-13)17-10-18(17)16-11-27-22(28-12-16)21-25-6-1-7-26-21/h6,8-9,11-13,17-18H,1-5,7,10H2. The van der Waals surface area contributed by atoms with Crippen LogP contribution in [0.3, 0.4) is 0 Å². The molecule has 2 saturated carbocycles. The molecule has 5 rings (SSSR count). The number of halogens is 2. The Morgan fingerprint density at radius 3 is 2.50 bits per heavy atom. The average Bonchev–Trinajstić information content (AvgIpc) is 3.64. The van der Waals surface area contributed by atoms with Crippen molar-refractivity contribution in [3.63, 3.8) is 0 Å². The molecule has 1 aromatic heterocycles. The van der Waals surface area contributed by atoms with Crippen LogP contribution in [0.25, 0.3) is 0 Å². The molecule has 1 aromatic carbocycles. The number of hydrogen-bond acceptors (Lipinski definition) is 4. The van der Waals surface area contributed by atoms with E-state index in [1.807, 2.05) is 24.7 Å². The molecule has 2 atom stereocenters. The summed E-state index contributed by atoms with van der Waals surface area (Å²) in [6.45, 7) is 0.716. The lowest BCUT2D eigenvalue weighted by Gasteiger charge is -2.09. The van der Waals surface area contributed by atoms with Crippen LogP contribution in [0.2, 0.25) is 0 Å². The Balaban J connectivity index is 1.31. The van der Waals surface area contributed by atoms with Crippen molar-refractivity contribution in [2.45, 2.75) is 50.4 Å². The summed E-state index contributed by atoms with van der Waals surface area (Å²) in [5.74, 6) is 0.866. The molecule has 2 unspecified atom stereocenters. The molecular formula is C22H22F2N4. The monoisotopic (exact) mass is 380 g/mol. The average molecular weight is 380 g/mol. The third-order valence-corrected chi connectivity index (χ3v) is 5.90. The third-order valence-electron chi connectivity index (χ3n) is 5.90. The second-order valence-electron chi connectivity index (χ2n) is 8.05. The van der Waals surface area contributed by atoms with Crippen molar-refractivity contribution in [2.75, 3.05) is 6.54 Å². The molecule has 0 spiro atoms. The van der Waals surface area contributed by atoms with Crippen LogP contribution in [-0.4, -0.2) is 28.6 Å². The normalized spacial score (nSPS) is 23.6. The molecule has 0 bridgehead atoms. The Hall–Kier alpha value is -2.50. The third kappa shape index (κ3) is 3.60. The van der Waals surface area contributed by atoms with Gasteiger partial charge in [-0.05, 0) is 59.8 Å². The first-order valence-corrected chi connectivity index (χ1v) is 10.1. The summed E-state index contributed by atoms with van der Waals surface area (Å²) >= 11 is 0. The van der Waals surface area contributed by atoms with Gasteiger partial charge in [-0.15, -0.1) is 0 Å². The van der Waals surface area contributed by atoms with Crippen molar-refractivity contribution < 1.29 is 8.78 Å². The van der Waals surface area contributed by atoms with Crippen molar-refractivity contribution in [3.05, 3.63) is 58.7 Å². The van der Waals surface area contributed by atoms with Crippen molar-refractivity contribution in [1.82, 2.24) is 9.97 Å². The van der Waals surface area contributed by atoms with Gasteiger partial charge in [-0.2, -0.15) is 0 Å². The van der Waals surface area contributed by atoms with E-state index in [0.29, 0.717) is 36.1 Å². The largest absolute Gasteiger partial charge is 0.263 e. The SMILES string of the molecule is Fc1cc(C2CC2c2cnc(C3=NCCC=N3)nc2)cc(CCC2CC2)c1F. The minimum atomic E-state index is -0.728. The van der Waals surface area contributed by atoms with Gasteiger partial charge in [0.15, 0.2) is 23.3 Å². The van der Waals surface area contributed by atoms with Crippen molar-refractivity contribution >= 4 is 12.1 Å². The van der Waals surface area contributed by atoms with E-state index >= 15 is 0 Å². The van der Waals surface area contributed by atoms with Crippen LogP contribution in [0.5, 0.6) is 0 Å². The highest BCUT2D eigenvalue weighted by molar-refractivity contribution is 6.01. The smallest absolute Gasteiger partial charge is 0.197 e. The molecule has 28 heavy (non-hydrogen) atoms. The first kappa shape index (κ1) is 17.6. The van der Waals surface area contributed by atoms with Gasteiger partial charge < -0.3 is 0 Å². The molecular weight excluding hydrogens is 358 g/mol. The van der Waals surface area contributed by atoms with E-state index in [2.05, 4.69) is 20.0 Å². The number of nitrogens with zero attached hydrogens (tertiary/aromatic N) is 4. The van der Waals surface area contributed by atoms with Crippen LogP contribution >= 0.6 is 0 Å². The van der Waals surface area contributed by atoms with E-state index in [1.54, 1.807) is 0 Å². The van der Waals surface area contributed by atoms with E-state index in [1.165, 1.54) is 18.9 Å². The van der Waals surface area contributed by atoms with Crippen molar-refractivity contribution in [1.29, 1.82) is 0 Å². The summed E-state index contributed by atoms with van der Waals surface area (Å²) in [5, 5.41) is 0. The minimum Gasteiger partial charge on any atom is -0.263 e. The van der Waals surface area contributed by atoms with E-state index in [0.717, 1.165) is 30.4 Å². The molecule has 144 valence electrons. The zero-order valence-corrected chi connectivity index (χ0v) is 15.6. The highest BCUT2D eigenvalue weighted by Crippen LogP contribution is 2.54. The molecule has 2 aromatic rings. The van der Waals surface area contributed by atoms with Crippen molar-refractivity contribution in [3.8, 4) is 0 Å². The topological polar surface area (TPSA) is 50.5 Å². The lowest BCUT2D eigenvalue weighted by molar-refractivity contribution is 0.494. The highest BCUT2D eigenvalue weighted by Gasteiger charge is 2.40. The quantitative estimate of drug-likeness (QED) is 0.736. The van der Waals surface area contributed by atoms with Gasteiger partial charge in [-0.3, -0.25) is 4.99 Å². The molecule has 4 nitrogen and oxygen atoms in total. The first-order chi connectivity index (χ1) is 13.7. The van der Waals surface area contributed by atoms with E-state index in [9.17, 15) is 8.78 Å². The Morgan fingerprint density at radius 1 is 1.00 bits per heavy atom. The number of hydrogen-bond donors (Lipinski definition) is 0. The number of aromatic nitrogens is 2. The van der Waals surface area contributed by atoms with Crippen LogP contribution in [-0.2, 0) is 6.42 Å². The van der Waals surface area contributed by atoms with Gasteiger partial charge in [0.05, 0.1) is 0 Å². The van der Waals surface area contributed by atoms with Gasteiger partial charge in [0.1, 0.15) is 0 Å². The number of amidine groups is 1. The fourth-order valence-electron chi connectivity index (χ4n) is 3.96.